The fourth-order valence-corrected chi connectivity index (χ4v) is 1.23. The lowest BCUT2D eigenvalue weighted by atomic mass is 10.3. The van der Waals surface area contributed by atoms with Crippen molar-refractivity contribution < 1.29 is 9.26 Å². The van der Waals surface area contributed by atoms with Crippen molar-refractivity contribution in [2.75, 3.05) is 13.2 Å². The lowest BCUT2D eigenvalue weighted by Crippen LogP contribution is -2.18. The Hall–Kier alpha value is -1.86. The van der Waals surface area contributed by atoms with Crippen molar-refractivity contribution >= 4 is 0 Å². The van der Waals surface area contributed by atoms with Gasteiger partial charge in [-0.2, -0.15) is 4.98 Å². The molecule has 0 amide bonds. The van der Waals surface area contributed by atoms with Crippen LogP contribution in [0, 0.1) is 0 Å². The van der Waals surface area contributed by atoms with E-state index < -0.39 is 6.04 Å². The molecule has 7 nitrogen and oxygen atoms in total. The van der Waals surface area contributed by atoms with Gasteiger partial charge in [0.25, 0.3) is 5.89 Å². The zero-order chi connectivity index (χ0) is 12.1. The maximum atomic E-state index is 5.83. The van der Waals surface area contributed by atoms with Crippen molar-refractivity contribution in [3.8, 4) is 11.5 Å². The van der Waals surface area contributed by atoms with Gasteiger partial charge in [0.15, 0.2) is 5.82 Å². The van der Waals surface area contributed by atoms with E-state index in [0.29, 0.717) is 30.5 Å². The van der Waals surface area contributed by atoms with E-state index in [1.54, 1.807) is 12.4 Å². The largest absolute Gasteiger partial charge is 0.380 e. The number of hydrogen-bond acceptors (Lipinski definition) is 7. The van der Waals surface area contributed by atoms with Crippen molar-refractivity contribution in [2.24, 2.45) is 5.73 Å². The molecule has 0 aliphatic rings. The first-order chi connectivity index (χ1) is 8.31. The van der Waals surface area contributed by atoms with Crippen molar-refractivity contribution in [3.05, 3.63) is 24.5 Å². The van der Waals surface area contributed by atoms with Crippen LogP contribution < -0.4 is 5.73 Å². The zero-order valence-electron chi connectivity index (χ0n) is 9.41. The lowest BCUT2D eigenvalue weighted by molar-refractivity contribution is 0.130. The number of rotatable bonds is 5. The molecule has 1 atom stereocenters. The molecule has 17 heavy (non-hydrogen) atoms. The summed E-state index contributed by atoms with van der Waals surface area (Å²) in [5.74, 6) is 0.768. The summed E-state index contributed by atoms with van der Waals surface area (Å²) in [6.07, 6.45) is 4.62. The molecule has 0 aliphatic heterocycles. The Morgan fingerprint density at radius 3 is 2.88 bits per heavy atom. The Morgan fingerprint density at radius 2 is 2.18 bits per heavy atom. The van der Waals surface area contributed by atoms with Crippen molar-refractivity contribution in [2.45, 2.75) is 13.0 Å². The van der Waals surface area contributed by atoms with E-state index in [1.165, 1.54) is 6.33 Å². The first-order valence-electron chi connectivity index (χ1n) is 5.23. The van der Waals surface area contributed by atoms with E-state index >= 15 is 0 Å². The van der Waals surface area contributed by atoms with Gasteiger partial charge in [-0.3, -0.25) is 0 Å². The molecule has 2 rings (SSSR count). The highest BCUT2D eigenvalue weighted by Crippen LogP contribution is 2.16. The minimum Gasteiger partial charge on any atom is -0.380 e. The Balaban J connectivity index is 2.11. The Morgan fingerprint density at radius 1 is 1.41 bits per heavy atom. The molecular formula is C10H13N5O2. The number of ether oxygens (including phenoxy) is 1. The van der Waals surface area contributed by atoms with Gasteiger partial charge in [-0.25, -0.2) is 9.97 Å². The van der Waals surface area contributed by atoms with Gasteiger partial charge < -0.3 is 15.0 Å². The summed E-state index contributed by atoms with van der Waals surface area (Å²) in [5.41, 5.74) is 6.49. The summed E-state index contributed by atoms with van der Waals surface area (Å²) in [6.45, 7) is 2.86. The number of nitrogens with two attached hydrogens (primary N) is 1. The Labute approximate surface area is 98.0 Å². The van der Waals surface area contributed by atoms with Crippen LogP contribution in [0.4, 0.5) is 0 Å². The van der Waals surface area contributed by atoms with E-state index in [-0.39, 0.29) is 0 Å². The average molecular weight is 235 g/mol. The van der Waals surface area contributed by atoms with Gasteiger partial charge >= 0.3 is 0 Å². The van der Waals surface area contributed by atoms with Crippen molar-refractivity contribution in [1.29, 1.82) is 0 Å². The monoisotopic (exact) mass is 235 g/mol. The Kier molecular flexibility index (Phi) is 3.73. The highest BCUT2D eigenvalue weighted by molar-refractivity contribution is 5.48. The van der Waals surface area contributed by atoms with Gasteiger partial charge in [-0.15, -0.1) is 0 Å². The molecule has 90 valence electrons. The summed E-state index contributed by atoms with van der Waals surface area (Å²) >= 11 is 0. The van der Waals surface area contributed by atoms with Gasteiger partial charge in [0.2, 0.25) is 0 Å². The summed E-state index contributed by atoms with van der Waals surface area (Å²) in [5, 5.41) is 3.80. The van der Waals surface area contributed by atoms with E-state index in [2.05, 4.69) is 20.1 Å². The molecule has 1 unspecified atom stereocenters. The zero-order valence-corrected chi connectivity index (χ0v) is 9.41. The third-order valence-corrected chi connectivity index (χ3v) is 2.08. The molecule has 0 saturated carbocycles. The second-order valence-corrected chi connectivity index (χ2v) is 3.35. The number of nitrogens with zero attached hydrogens (tertiary/aromatic N) is 4. The van der Waals surface area contributed by atoms with Crippen LogP contribution in [0.1, 0.15) is 18.8 Å². The first kappa shape index (κ1) is 11.6. The smallest absolute Gasteiger partial charge is 0.261 e. The fourth-order valence-electron chi connectivity index (χ4n) is 1.23. The molecule has 2 heterocycles. The highest BCUT2D eigenvalue weighted by Gasteiger charge is 2.15. The van der Waals surface area contributed by atoms with Gasteiger partial charge in [0.05, 0.1) is 18.2 Å². The normalized spacial score (nSPS) is 12.6. The third kappa shape index (κ3) is 2.83. The standard InChI is InChI=1S/C10H13N5O2/c1-2-16-5-8(11)9-14-10(17-15-9)7-3-12-6-13-4-7/h3-4,6,8H,2,5,11H2,1H3. The molecular weight excluding hydrogens is 222 g/mol. The summed E-state index contributed by atoms with van der Waals surface area (Å²) in [6, 6.07) is -0.392. The number of hydrogen-bond donors (Lipinski definition) is 1. The van der Waals surface area contributed by atoms with Crippen LogP contribution in [0.15, 0.2) is 23.2 Å². The predicted molar refractivity (Wildman–Crippen MR) is 58.7 cm³/mol. The third-order valence-electron chi connectivity index (χ3n) is 2.08. The van der Waals surface area contributed by atoms with Crippen molar-refractivity contribution in [1.82, 2.24) is 20.1 Å². The number of aromatic nitrogens is 4. The van der Waals surface area contributed by atoms with E-state index in [9.17, 15) is 0 Å². The summed E-state index contributed by atoms with van der Waals surface area (Å²) in [4.78, 5) is 11.9. The maximum Gasteiger partial charge on any atom is 0.261 e. The second-order valence-electron chi connectivity index (χ2n) is 3.35. The van der Waals surface area contributed by atoms with Crippen LogP contribution in [-0.4, -0.2) is 33.3 Å². The minimum atomic E-state index is -0.392. The summed E-state index contributed by atoms with van der Waals surface area (Å²) < 4.78 is 10.3. The lowest BCUT2D eigenvalue weighted by Gasteiger charge is -2.05. The van der Waals surface area contributed by atoms with Crippen LogP contribution in [0.2, 0.25) is 0 Å². The van der Waals surface area contributed by atoms with Crippen molar-refractivity contribution in [3.63, 3.8) is 0 Å². The van der Waals surface area contributed by atoms with Crippen LogP contribution >= 0.6 is 0 Å². The van der Waals surface area contributed by atoms with Crippen LogP contribution in [0.3, 0.4) is 0 Å². The van der Waals surface area contributed by atoms with Crippen LogP contribution in [0.5, 0.6) is 0 Å². The minimum absolute atomic E-state index is 0.354. The quantitative estimate of drug-likeness (QED) is 0.808. The molecule has 7 heteroatoms. The molecule has 0 fully saturated rings. The maximum absolute atomic E-state index is 5.83. The van der Waals surface area contributed by atoms with Crippen LogP contribution in [-0.2, 0) is 4.74 Å². The van der Waals surface area contributed by atoms with Gasteiger partial charge in [0.1, 0.15) is 6.33 Å². The summed E-state index contributed by atoms with van der Waals surface area (Å²) in [7, 11) is 0. The molecule has 0 aromatic carbocycles. The molecule has 0 saturated heterocycles. The molecule has 0 aliphatic carbocycles. The molecule has 0 spiro atoms. The average Bonchev–Trinajstić information content (AvgIpc) is 2.86. The molecule has 0 bridgehead atoms. The first-order valence-corrected chi connectivity index (χ1v) is 5.23. The highest BCUT2D eigenvalue weighted by atomic mass is 16.5. The van der Waals surface area contributed by atoms with Gasteiger partial charge in [-0.1, -0.05) is 5.16 Å². The molecule has 2 aromatic rings. The molecule has 2 aromatic heterocycles. The van der Waals surface area contributed by atoms with Gasteiger partial charge in [0, 0.05) is 19.0 Å². The van der Waals surface area contributed by atoms with E-state index in [1.807, 2.05) is 6.92 Å². The topological polar surface area (TPSA) is 100.0 Å². The second kappa shape index (κ2) is 5.46. The fraction of sp³-hybridized carbons (Fsp3) is 0.400. The Bertz CT molecular complexity index is 459. The molecule has 0 radical (unpaired) electrons. The SMILES string of the molecule is CCOCC(N)c1noc(-c2cncnc2)n1. The van der Waals surface area contributed by atoms with Gasteiger partial charge in [-0.05, 0) is 6.92 Å². The van der Waals surface area contributed by atoms with Crippen LogP contribution in [0.25, 0.3) is 11.5 Å². The molecule has 2 N–H and O–H groups in total. The predicted octanol–water partition coefficient (Wildman–Crippen LogP) is 0.563. The van der Waals surface area contributed by atoms with E-state index in [4.69, 9.17) is 15.0 Å². The van der Waals surface area contributed by atoms with E-state index in [0.717, 1.165) is 0 Å².